The molecule has 0 unspecified atom stereocenters. The van der Waals surface area contributed by atoms with E-state index in [-0.39, 0.29) is 18.9 Å². The summed E-state index contributed by atoms with van der Waals surface area (Å²) in [5, 5.41) is 11.8. The molecular weight excluding hydrogens is 322 g/mol. The van der Waals surface area contributed by atoms with Crippen molar-refractivity contribution < 1.29 is 18.8 Å². The molecular formula is C18H17N3O4. The third kappa shape index (κ3) is 3.82. The summed E-state index contributed by atoms with van der Waals surface area (Å²) in [7, 11) is 0. The van der Waals surface area contributed by atoms with Crippen molar-refractivity contribution in [3.8, 4) is 17.1 Å². The van der Waals surface area contributed by atoms with Gasteiger partial charge in [0, 0.05) is 11.6 Å². The average Bonchev–Trinajstić information content (AvgIpc) is 3.02. The van der Waals surface area contributed by atoms with Crippen LogP contribution in [0.5, 0.6) is 5.88 Å². The van der Waals surface area contributed by atoms with Crippen LogP contribution in [0.25, 0.3) is 11.3 Å². The Labute approximate surface area is 144 Å². The minimum atomic E-state index is -0.511. The number of carbonyl (C=O) groups is 1. The first-order valence-electron chi connectivity index (χ1n) is 7.83. The molecule has 7 nitrogen and oxygen atoms in total. The van der Waals surface area contributed by atoms with Crippen LogP contribution in [0.2, 0.25) is 0 Å². The first-order chi connectivity index (χ1) is 12.2. The molecule has 3 rings (SSSR count). The summed E-state index contributed by atoms with van der Waals surface area (Å²) in [6, 6.07) is 12.8. The molecule has 0 amide bonds. The smallest absolute Gasteiger partial charge is 0.358 e. The normalized spacial score (nSPS) is 10.5. The van der Waals surface area contributed by atoms with E-state index in [4.69, 9.17) is 14.0 Å². The SMILES string of the molecule is CCOC(=O)c1ccc(OCc2c(-c3ccccc3)noc2C)nn1. The zero-order valence-corrected chi connectivity index (χ0v) is 13.9. The summed E-state index contributed by atoms with van der Waals surface area (Å²) in [5.74, 6) is 0.463. The minimum absolute atomic E-state index is 0.139. The molecule has 2 aromatic heterocycles. The number of aryl methyl sites for hydroxylation is 1. The quantitative estimate of drug-likeness (QED) is 0.637. The van der Waals surface area contributed by atoms with Gasteiger partial charge in [-0.25, -0.2) is 4.79 Å². The van der Waals surface area contributed by atoms with Gasteiger partial charge in [-0.2, -0.15) is 0 Å². The fourth-order valence-corrected chi connectivity index (χ4v) is 2.24. The molecule has 0 fully saturated rings. The van der Waals surface area contributed by atoms with Gasteiger partial charge in [0.1, 0.15) is 18.1 Å². The Balaban J connectivity index is 1.72. The second-order valence-corrected chi connectivity index (χ2v) is 5.20. The molecule has 0 aliphatic rings. The highest BCUT2D eigenvalue weighted by molar-refractivity contribution is 5.86. The number of esters is 1. The van der Waals surface area contributed by atoms with Gasteiger partial charge >= 0.3 is 5.97 Å². The Kier molecular flexibility index (Phi) is 5.03. The zero-order valence-electron chi connectivity index (χ0n) is 13.9. The van der Waals surface area contributed by atoms with Gasteiger partial charge < -0.3 is 14.0 Å². The van der Waals surface area contributed by atoms with Crippen LogP contribution in [-0.4, -0.2) is 27.9 Å². The van der Waals surface area contributed by atoms with E-state index < -0.39 is 5.97 Å². The number of benzene rings is 1. The van der Waals surface area contributed by atoms with Crippen molar-refractivity contribution in [2.75, 3.05) is 6.61 Å². The lowest BCUT2D eigenvalue weighted by Crippen LogP contribution is -2.08. The predicted molar refractivity (Wildman–Crippen MR) is 89.0 cm³/mol. The van der Waals surface area contributed by atoms with E-state index in [1.54, 1.807) is 13.0 Å². The largest absolute Gasteiger partial charge is 0.472 e. The predicted octanol–water partition coefficient (Wildman–Crippen LogP) is 3.20. The summed E-state index contributed by atoms with van der Waals surface area (Å²) < 4.78 is 15.8. The van der Waals surface area contributed by atoms with E-state index in [0.29, 0.717) is 11.6 Å². The van der Waals surface area contributed by atoms with Gasteiger partial charge in [0.15, 0.2) is 5.69 Å². The van der Waals surface area contributed by atoms with Crippen molar-refractivity contribution in [2.24, 2.45) is 0 Å². The van der Waals surface area contributed by atoms with Gasteiger partial charge in [-0.3, -0.25) is 0 Å². The molecule has 0 saturated heterocycles. The standard InChI is InChI=1S/C18H17N3O4/c1-3-23-18(22)15-9-10-16(20-19-15)24-11-14-12(2)25-21-17(14)13-7-5-4-6-8-13/h4-10H,3,11H2,1-2H3. The number of hydrogen-bond acceptors (Lipinski definition) is 7. The Morgan fingerprint density at radius 2 is 1.92 bits per heavy atom. The molecule has 0 aliphatic heterocycles. The van der Waals surface area contributed by atoms with Crippen molar-refractivity contribution in [3.05, 3.63) is 59.5 Å². The van der Waals surface area contributed by atoms with Gasteiger partial charge in [0.25, 0.3) is 0 Å². The molecule has 0 radical (unpaired) electrons. The number of nitrogens with zero attached hydrogens (tertiary/aromatic N) is 3. The summed E-state index contributed by atoms with van der Waals surface area (Å²) in [6.07, 6.45) is 0. The first-order valence-corrected chi connectivity index (χ1v) is 7.83. The maximum absolute atomic E-state index is 11.6. The van der Waals surface area contributed by atoms with Crippen LogP contribution in [0.1, 0.15) is 28.7 Å². The highest BCUT2D eigenvalue weighted by atomic mass is 16.5. The first kappa shape index (κ1) is 16.6. The maximum Gasteiger partial charge on any atom is 0.358 e. The van der Waals surface area contributed by atoms with Crippen LogP contribution in [0.15, 0.2) is 47.0 Å². The van der Waals surface area contributed by atoms with Crippen LogP contribution < -0.4 is 4.74 Å². The minimum Gasteiger partial charge on any atom is -0.472 e. The lowest BCUT2D eigenvalue weighted by Gasteiger charge is -2.06. The maximum atomic E-state index is 11.6. The van der Waals surface area contributed by atoms with Crippen molar-refractivity contribution in [1.82, 2.24) is 15.4 Å². The van der Waals surface area contributed by atoms with E-state index in [2.05, 4.69) is 15.4 Å². The molecule has 3 aromatic rings. The molecule has 0 N–H and O–H groups in total. The number of carbonyl (C=O) groups excluding carboxylic acids is 1. The van der Waals surface area contributed by atoms with Gasteiger partial charge in [0.2, 0.25) is 5.88 Å². The summed E-state index contributed by atoms with van der Waals surface area (Å²) in [6.45, 7) is 4.07. The molecule has 0 saturated carbocycles. The van der Waals surface area contributed by atoms with Gasteiger partial charge in [-0.1, -0.05) is 35.5 Å². The van der Waals surface area contributed by atoms with Gasteiger partial charge in [-0.05, 0) is 19.9 Å². The lowest BCUT2D eigenvalue weighted by atomic mass is 10.1. The Bertz CT molecular complexity index is 845. The van der Waals surface area contributed by atoms with E-state index in [0.717, 1.165) is 16.8 Å². The Morgan fingerprint density at radius 1 is 1.12 bits per heavy atom. The average molecular weight is 339 g/mol. The van der Waals surface area contributed by atoms with Gasteiger partial charge in [0.05, 0.1) is 12.2 Å². The highest BCUT2D eigenvalue weighted by Crippen LogP contribution is 2.26. The molecule has 0 bridgehead atoms. The highest BCUT2D eigenvalue weighted by Gasteiger charge is 2.16. The second-order valence-electron chi connectivity index (χ2n) is 5.20. The van der Waals surface area contributed by atoms with Crippen LogP contribution in [0.4, 0.5) is 0 Å². The van der Waals surface area contributed by atoms with E-state index in [1.807, 2.05) is 37.3 Å². The van der Waals surface area contributed by atoms with Crippen molar-refractivity contribution in [2.45, 2.75) is 20.5 Å². The van der Waals surface area contributed by atoms with E-state index in [9.17, 15) is 4.79 Å². The van der Waals surface area contributed by atoms with Crippen LogP contribution in [0.3, 0.4) is 0 Å². The van der Waals surface area contributed by atoms with E-state index in [1.165, 1.54) is 6.07 Å². The Morgan fingerprint density at radius 3 is 2.60 bits per heavy atom. The summed E-state index contributed by atoms with van der Waals surface area (Å²) in [4.78, 5) is 11.6. The van der Waals surface area contributed by atoms with Crippen LogP contribution >= 0.6 is 0 Å². The Hall–Kier alpha value is -3.22. The fourth-order valence-electron chi connectivity index (χ4n) is 2.24. The molecule has 0 spiro atoms. The molecule has 1 aromatic carbocycles. The molecule has 0 atom stereocenters. The third-order valence-electron chi connectivity index (χ3n) is 3.52. The van der Waals surface area contributed by atoms with Crippen LogP contribution in [0, 0.1) is 6.92 Å². The molecule has 2 heterocycles. The van der Waals surface area contributed by atoms with Gasteiger partial charge in [-0.15, -0.1) is 10.2 Å². The third-order valence-corrected chi connectivity index (χ3v) is 3.52. The molecule has 0 aliphatic carbocycles. The number of aromatic nitrogens is 3. The van der Waals surface area contributed by atoms with E-state index >= 15 is 0 Å². The number of rotatable bonds is 6. The summed E-state index contributed by atoms with van der Waals surface area (Å²) in [5.41, 5.74) is 2.65. The van der Waals surface area contributed by atoms with Crippen LogP contribution in [-0.2, 0) is 11.3 Å². The lowest BCUT2D eigenvalue weighted by molar-refractivity contribution is 0.0518. The molecule has 7 heteroatoms. The zero-order chi connectivity index (χ0) is 17.6. The van der Waals surface area contributed by atoms with Crippen molar-refractivity contribution in [1.29, 1.82) is 0 Å². The molecule has 25 heavy (non-hydrogen) atoms. The summed E-state index contributed by atoms with van der Waals surface area (Å²) >= 11 is 0. The number of ether oxygens (including phenoxy) is 2. The number of hydrogen-bond donors (Lipinski definition) is 0. The van der Waals surface area contributed by atoms with Crippen molar-refractivity contribution >= 4 is 5.97 Å². The van der Waals surface area contributed by atoms with Crippen molar-refractivity contribution in [3.63, 3.8) is 0 Å². The molecule has 128 valence electrons. The monoisotopic (exact) mass is 339 g/mol. The fraction of sp³-hybridized carbons (Fsp3) is 0.222. The topological polar surface area (TPSA) is 87.3 Å². The second kappa shape index (κ2) is 7.57.